The molecule has 0 radical (unpaired) electrons. The minimum absolute atomic E-state index is 0.0428. The van der Waals surface area contributed by atoms with Crippen LogP contribution in [-0.4, -0.2) is 16.9 Å². The van der Waals surface area contributed by atoms with Crippen LogP contribution < -0.4 is 0 Å². The topological polar surface area (TPSA) is 54.4 Å². The Labute approximate surface area is 162 Å². The summed E-state index contributed by atoms with van der Waals surface area (Å²) in [6, 6.07) is 0. The first kappa shape index (κ1) is 18.7. The molecule has 4 aliphatic rings. The fourth-order valence-electron chi connectivity index (χ4n) is 7.45. The molecule has 0 aliphatic heterocycles. The van der Waals surface area contributed by atoms with Gasteiger partial charge in [0.05, 0.1) is 0 Å². The van der Waals surface area contributed by atoms with Crippen molar-refractivity contribution in [2.75, 3.05) is 0 Å². The number of carbonyl (C=O) groups excluding carboxylic acids is 1. The lowest BCUT2D eigenvalue weighted by atomic mass is 9.45. The number of ketones is 1. The number of carbonyl (C=O) groups is 2. The Balaban J connectivity index is 1.64. The summed E-state index contributed by atoms with van der Waals surface area (Å²) in [7, 11) is 0. The summed E-state index contributed by atoms with van der Waals surface area (Å²) in [5, 5.41) is 9.13. The fourth-order valence-corrected chi connectivity index (χ4v) is 7.45. The zero-order valence-corrected chi connectivity index (χ0v) is 16.7. The van der Waals surface area contributed by atoms with Gasteiger partial charge in [-0.25, -0.2) is 0 Å². The molecular formula is C24H32O3. The van der Waals surface area contributed by atoms with E-state index < -0.39 is 5.97 Å². The minimum Gasteiger partial charge on any atom is -0.481 e. The molecule has 3 heteroatoms. The van der Waals surface area contributed by atoms with Gasteiger partial charge in [0.2, 0.25) is 0 Å². The van der Waals surface area contributed by atoms with Crippen molar-refractivity contribution in [3.05, 3.63) is 36.0 Å². The van der Waals surface area contributed by atoms with Crippen LogP contribution in [0.1, 0.15) is 65.2 Å². The normalized spacial score (nSPS) is 43.6. The van der Waals surface area contributed by atoms with E-state index in [2.05, 4.69) is 27.0 Å². The summed E-state index contributed by atoms with van der Waals surface area (Å²) in [6.45, 7) is 13.1. The molecule has 0 amide bonds. The van der Waals surface area contributed by atoms with Crippen LogP contribution in [0.3, 0.4) is 0 Å². The van der Waals surface area contributed by atoms with Crippen molar-refractivity contribution in [3.8, 4) is 0 Å². The monoisotopic (exact) mass is 368 g/mol. The van der Waals surface area contributed by atoms with E-state index in [0.717, 1.165) is 31.3 Å². The highest BCUT2D eigenvalue weighted by atomic mass is 16.4. The van der Waals surface area contributed by atoms with Gasteiger partial charge in [0.25, 0.3) is 0 Å². The molecule has 1 N–H and O–H groups in total. The average Bonchev–Trinajstić information content (AvgIpc) is 2.96. The average molecular weight is 369 g/mol. The van der Waals surface area contributed by atoms with Gasteiger partial charge in [0.15, 0.2) is 5.78 Å². The summed E-state index contributed by atoms with van der Waals surface area (Å²) in [5.74, 6) is 1.77. The van der Waals surface area contributed by atoms with Gasteiger partial charge in [-0.15, -0.1) is 0 Å². The Morgan fingerprint density at radius 1 is 1.19 bits per heavy atom. The number of allylic oxidation sites excluding steroid dienone is 3. The Morgan fingerprint density at radius 2 is 1.93 bits per heavy atom. The SMILES string of the molecule is C=C1C(=C)[C@@]2(C)C(=CC1=O)CC[C@@H]1[C@@H]2CC[C@]2(C)[C@@H](CCC(=O)O)CC[C@@H]12. The second kappa shape index (κ2) is 6.18. The van der Waals surface area contributed by atoms with E-state index in [0.29, 0.717) is 35.7 Å². The molecule has 3 nitrogen and oxygen atoms in total. The van der Waals surface area contributed by atoms with E-state index >= 15 is 0 Å². The lowest BCUT2D eigenvalue weighted by Gasteiger charge is -2.58. The molecule has 146 valence electrons. The van der Waals surface area contributed by atoms with E-state index in [1.165, 1.54) is 24.8 Å². The quantitative estimate of drug-likeness (QED) is 0.685. The Bertz CT molecular complexity index is 760. The first-order valence-corrected chi connectivity index (χ1v) is 10.6. The zero-order chi connectivity index (χ0) is 19.6. The van der Waals surface area contributed by atoms with Crippen LogP contribution in [0.2, 0.25) is 0 Å². The maximum Gasteiger partial charge on any atom is 0.303 e. The summed E-state index contributed by atoms with van der Waals surface area (Å²) >= 11 is 0. The van der Waals surface area contributed by atoms with Crippen molar-refractivity contribution in [2.24, 2.45) is 34.5 Å². The molecule has 4 aliphatic carbocycles. The highest BCUT2D eigenvalue weighted by molar-refractivity contribution is 6.09. The molecule has 3 saturated carbocycles. The molecule has 27 heavy (non-hydrogen) atoms. The molecule has 0 unspecified atom stereocenters. The molecule has 0 bridgehead atoms. The first-order chi connectivity index (χ1) is 12.7. The maximum absolute atomic E-state index is 12.3. The predicted octanol–water partition coefficient (Wildman–Crippen LogP) is 5.33. The molecule has 6 atom stereocenters. The second-order valence-corrected chi connectivity index (χ2v) is 9.86. The third kappa shape index (κ3) is 2.53. The lowest BCUT2D eigenvalue weighted by Crippen LogP contribution is -2.51. The summed E-state index contributed by atoms with van der Waals surface area (Å²) in [6.07, 6.45) is 9.82. The number of carboxylic acid groups (broad SMARTS) is 1. The van der Waals surface area contributed by atoms with Crippen molar-refractivity contribution in [2.45, 2.75) is 65.2 Å². The number of aliphatic carboxylic acids is 1. The fraction of sp³-hybridized carbons (Fsp3) is 0.667. The van der Waals surface area contributed by atoms with Gasteiger partial charge in [0, 0.05) is 17.4 Å². The van der Waals surface area contributed by atoms with Crippen LogP contribution in [0, 0.1) is 34.5 Å². The third-order valence-electron chi connectivity index (χ3n) is 9.09. The van der Waals surface area contributed by atoms with Crippen molar-refractivity contribution >= 4 is 11.8 Å². The van der Waals surface area contributed by atoms with E-state index in [4.69, 9.17) is 5.11 Å². The van der Waals surface area contributed by atoms with Gasteiger partial charge in [0.1, 0.15) is 0 Å². The number of hydrogen-bond donors (Lipinski definition) is 1. The largest absolute Gasteiger partial charge is 0.481 e. The van der Waals surface area contributed by atoms with Gasteiger partial charge in [-0.2, -0.15) is 0 Å². The van der Waals surface area contributed by atoms with Crippen molar-refractivity contribution in [3.63, 3.8) is 0 Å². The molecule has 0 aromatic carbocycles. The van der Waals surface area contributed by atoms with Crippen LogP contribution >= 0.6 is 0 Å². The Morgan fingerprint density at radius 3 is 2.63 bits per heavy atom. The molecule has 0 heterocycles. The smallest absolute Gasteiger partial charge is 0.303 e. The summed E-state index contributed by atoms with van der Waals surface area (Å²) < 4.78 is 0. The van der Waals surface area contributed by atoms with Gasteiger partial charge in [-0.05, 0) is 85.7 Å². The van der Waals surface area contributed by atoms with Crippen LogP contribution in [0.25, 0.3) is 0 Å². The van der Waals surface area contributed by atoms with Crippen LogP contribution in [-0.2, 0) is 9.59 Å². The molecule has 0 spiro atoms. The summed E-state index contributed by atoms with van der Waals surface area (Å²) in [4.78, 5) is 23.4. The second-order valence-electron chi connectivity index (χ2n) is 9.86. The number of fused-ring (bicyclic) bond motifs is 5. The number of rotatable bonds is 3. The third-order valence-corrected chi connectivity index (χ3v) is 9.09. The van der Waals surface area contributed by atoms with Crippen LogP contribution in [0.15, 0.2) is 36.0 Å². The predicted molar refractivity (Wildman–Crippen MR) is 106 cm³/mol. The summed E-state index contributed by atoms with van der Waals surface area (Å²) in [5.41, 5.74) is 2.98. The minimum atomic E-state index is -0.669. The maximum atomic E-state index is 12.3. The van der Waals surface area contributed by atoms with E-state index in [1.54, 1.807) is 0 Å². The van der Waals surface area contributed by atoms with E-state index in [9.17, 15) is 9.59 Å². The van der Waals surface area contributed by atoms with Crippen molar-refractivity contribution < 1.29 is 14.7 Å². The highest BCUT2D eigenvalue weighted by Gasteiger charge is 2.59. The van der Waals surface area contributed by atoms with Crippen molar-refractivity contribution in [1.82, 2.24) is 0 Å². The van der Waals surface area contributed by atoms with Gasteiger partial charge < -0.3 is 5.11 Å². The van der Waals surface area contributed by atoms with Crippen LogP contribution in [0.4, 0.5) is 0 Å². The van der Waals surface area contributed by atoms with E-state index in [1.807, 2.05) is 6.08 Å². The number of hydrogen-bond acceptors (Lipinski definition) is 2. The van der Waals surface area contributed by atoms with Crippen molar-refractivity contribution in [1.29, 1.82) is 0 Å². The molecular weight excluding hydrogens is 336 g/mol. The molecule has 3 fully saturated rings. The Hall–Kier alpha value is -1.64. The molecule has 4 rings (SSSR count). The van der Waals surface area contributed by atoms with E-state index in [-0.39, 0.29) is 16.6 Å². The first-order valence-electron chi connectivity index (χ1n) is 10.6. The standard InChI is InChI=1S/C24H32O3/c1-14-15(2)24(4)17(13-21(14)25)5-8-18-19-9-6-16(7-10-22(26)27)23(19,3)12-11-20(18)24/h13,16,18-20H,1-2,5-12H2,3-4H3,(H,26,27)/t16-,18+,19+,20+,23-,24+/m1/s1. The lowest BCUT2D eigenvalue weighted by molar-refractivity contribution is -0.137. The van der Waals surface area contributed by atoms with Gasteiger partial charge >= 0.3 is 5.97 Å². The molecule has 0 aromatic heterocycles. The highest BCUT2D eigenvalue weighted by Crippen LogP contribution is 2.68. The number of carboxylic acids is 1. The Kier molecular flexibility index (Phi) is 4.29. The zero-order valence-electron chi connectivity index (χ0n) is 16.7. The molecule has 0 saturated heterocycles. The van der Waals surface area contributed by atoms with Gasteiger partial charge in [-0.3, -0.25) is 9.59 Å². The van der Waals surface area contributed by atoms with Gasteiger partial charge in [-0.1, -0.05) is 32.6 Å². The van der Waals surface area contributed by atoms with Crippen LogP contribution in [0.5, 0.6) is 0 Å². The molecule has 0 aromatic rings.